The predicted octanol–water partition coefficient (Wildman–Crippen LogP) is 2.08. The van der Waals surface area contributed by atoms with Gasteiger partial charge < -0.3 is 20.4 Å². The summed E-state index contributed by atoms with van der Waals surface area (Å²) < 4.78 is 5.26. The van der Waals surface area contributed by atoms with Crippen LogP contribution in [-0.2, 0) is 16.0 Å². The van der Waals surface area contributed by atoms with Gasteiger partial charge in [-0.1, -0.05) is 30.7 Å². The average molecular weight is 403 g/mol. The number of hydrogen-bond acceptors (Lipinski definition) is 4. The van der Waals surface area contributed by atoms with Crippen molar-refractivity contribution in [3.63, 3.8) is 0 Å². The molecule has 1 saturated heterocycles. The molecular formula is C23H34N2O4. The maximum atomic E-state index is 12.0. The fourth-order valence-corrected chi connectivity index (χ4v) is 4.97. The SMILES string of the molecule is CC(C)(C)OC(=O)N1C[C@@H]2CCC[C@@H]2[C@H]1C(=O)[O-].[NH3+][C@H]1CCCc2ccccc21. The quantitative estimate of drug-likeness (QED) is 0.778. The zero-order chi connectivity index (χ0) is 21.2. The number of amides is 1. The minimum atomic E-state index is -1.16. The lowest BCUT2D eigenvalue weighted by Gasteiger charge is -2.31. The van der Waals surface area contributed by atoms with Gasteiger partial charge in [-0.25, -0.2) is 4.79 Å². The second-order valence-corrected chi connectivity index (χ2v) is 9.54. The van der Waals surface area contributed by atoms with Gasteiger partial charge >= 0.3 is 6.09 Å². The number of carboxylic acids is 1. The number of benzene rings is 1. The number of carbonyl (C=O) groups excluding carboxylic acids is 2. The first-order valence-corrected chi connectivity index (χ1v) is 10.8. The first-order chi connectivity index (χ1) is 13.7. The number of quaternary nitrogens is 1. The molecule has 3 aliphatic rings. The van der Waals surface area contributed by atoms with E-state index in [4.69, 9.17) is 4.74 Å². The van der Waals surface area contributed by atoms with Gasteiger partial charge in [0.15, 0.2) is 0 Å². The number of rotatable bonds is 1. The van der Waals surface area contributed by atoms with Gasteiger partial charge in [0.1, 0.15) is 11.6 Å². The van der Waals surface area contributed by atoms with Gasteiger partial charge in [0.25, 0.3) is 0 Å². The van der Waals surface area contributed by atoms with Crippen LogP contribution in [0.15, 0.2) is 24.3 Å². The van der Waals surface area contributed by atoms with Crippen molar-refractivity contribution < 1.29 is 25.2 Å². The minimum absolute atomic E-state index is 0.0440. The van der Waals surface area contributed by atoms with Crippen molar-refractivity contribution in [1.82, 2.24) is 4.90 Å². The molecule has 0 radical (unpaired) electrons. The minimum Gasteiger partial charge on any atom is -0.548 e. The summed E-state index contributed by atoms with van der Waals surface area (Å²) in [5, 5.41) is 11.3. The highest BCUT2D eigenvalue weighted by molar-refractivity contribution is 5.80. The summed E-state index contributed by atoms with van der Waals surface area (Å²) in [7, 11) is 0. The molecule has 1 heterocycles. The van der Waals surface area contributed by atoms with Crippen molar-refractivity contribution in [1.29, 1.82) is 0 Å². The molecule has 4 atom stereocenters. The lowest BCUT2D eigenvalue weighted by Crippen LogP contribution is -2.54. The van der Waals surface area contributed by atoms with E-state index in [1.54, 1.807) is 20.8 Å². The van der Waals surface area contributed by atoms with Gasteiger partial charge in [-0.15, -0.1) is 0 Å². The van der Waals surface area contributed by atoms with Crippen LogP contribution in [0.5, 0.6) is 0 Å². The Kier molecular flexibility index (Phi) is 6.52. The third-order valence-electron chi connectivity index (χ3n) is 6.25. The van der Waals surface area contributed by atoms with E-state index >= 15 is 0 Å². The molecule has 1 amide bonds. The van der Waals surface area contributed by atoms with E-state index in [2.05, 4.69) is 30.0 Å². The fraction of sp³-hybridized carbons (Fsp3) is 0.652. The zero-order valence-corrected chi connectivity index (χ0v) is 17.9. The molecule has 1 aliphatic heterocycles. The van der Waals surface area contributed by atoms with Crippen molar-refractivity contribution in [2.75, 3.05) is 6.54 Å². The summed E-state index contributed by atoms with van der Waals surface area (Å²) in [6.07, 6.45) is 6.19. The smallest absolute Gasteiger partial charge is 0.410 e. The first-order valence-electron chi connectivity index (χ1n) is 10.8. The molecular weight excluding hydrogens is 368 g/mol. The summed E-state index contributed by atoms with van der Waals surface area (Å²) in [5.74, 6) is -0.821. The fourth-order valence-electron chi connectivity index (χ4n) is 4.97. The molecule has 0 aromatic heterocycles. The standard InChI is InChI=1S/C13H21NO4.C10H13N/c1-13(2,3)18-12(17)14-7-8-5-4-6-9(8)10(14)11(15)16;11-10-7-3-5-8-4-1-2-6-9(8)10/h8-10H,4-7H2,1-3H3,(H,15,16);1-2,4,6,10H,3,5,7,11H2/t8-,9-,10-;10-/m00/s1. The molecule has 0 bridgehead atoms. The van der Waals surface area contributed by atoms with E-state index in [0.29, 0.717) is 18.5 Å². The summed E-state index contributed by atoms with van der Waals surface area (Å²) in [6, 6.07) is 8.41. The summed E-state index contributed by atoms with van der Waals surface area (Å²) >= 11 is 0. The number of likely N-dealkylation sites (tertiary alicyclic amines) is 1. The van der Waals surface area contributed by atoms with Crippen molar-refractivity contribution in [3.05, 3.63) is 35.4 Å². The maximum absolute atomic E-state index is 12.0. The van der Waals surface area contributed by atoms with Crippen LogP contribution in [0.3, 0.4) is 0 Å². The molecule has 1 aromatic rings. The van der Waals surface area contributed by atoms with Crippen molar-refractivity contribution in [3.8, 4) is 0 Å². The molecule has 3 N–H and O–H groups in total. The van der Waals surface area contributed by atoms with Crippen LogP contribution in [0.4, 0.5) is 4.79 Å². The van der Waals surface area contributed by atoms with Crippen molar-refractivity contribution in [2.45, 2.75) is 77.0 Å². The van der Waals surface area contributed by atoms with Gasteiger partial charge in [-0.05, 0) is 63.9 Å². The lowest BCUT2D eigenvalue weighted by atomic mass is 9.88. The number of carboxylic acid groups (broad SMARTS) is 1. The number of aryl methyl sites for hydroxylation is 1. The molecule has 29 heavy (non-hydrogen) atoms. The van der Waals surface area contributed by atoms with Gasteiger partial charge in [-0.2, -0.15) is 0 Å². The van der Waals surface area contributed by atoms with Crippen molar-refractivity contribution in [2.24, 2.45) is 11.8 Å². The number of fused-ring (bicyclic) bond motifs is 2. The average Bonchev–Trinajstić information content (AvgIpc) is 3.22. The monoisotopic (exact) mass is 402 g/mol. The Hall–Kier alpha value is -2.08. The van der Waals surface area contributed by atoms with Gasteiger partial charge in [-0.3, -0.25) is 4.90 Å². The Morgan fingerprint density at radius 3 is 2.52 bits per heavy atom. The number of aliphatic carboxylic acids is 1. The van der Waals surface area contributed by atoms with Crippen molar-refractivity contribution >= 4 is 12.1 Å². The third kappa shape index (κ3) is 5.10. The lowest BCUT2D eigenvalue weighted by molar-refractivity contribution is -0.429. The Balaban J connectivity index is 0.000000186. The molecule has 6 heteroatoms. The van der Waals surface area contributed by atoms with E-state index in [1.807, 2.05) is 0 Å². The van der Waals surface area contributed by atoms with Crippen LogP contribution >= 0.6 is 0 Å². The second kappa shape index (κ2) is 8.74. The van der Waals surface area contributed by atoms with E-state index < -0.39 is 23.7 Å². The summed E-state index contributed by atoms with van der Waals surface area (Å²) in [4.78, 5) is 24.6. The molecule has 6 nitrogen and oxygen atoms in total. The Morgan fingerprint density at radius 1 is 1.14 bits per heavy atom. The molecule has 2 aliphatic carbocycles. The topological polar surface area (TPSA) is 97.3 Å². The van der Waals surface area contributed by atoms with Crippen LogP contribution in [0.25, 0.3) is 0 Å². The van der Waals surface area contributed by atoms with Gasteiger partial charge in [0.2, 0.25) is 0 Å². The Labute approximate surface area is 173 Å². The third-order valence-corrected chi connectivity index (χ3v) is 6.25. The summed E-state index contributed by atoms with van der Waals surface area (Å²) in [5.41, 5.74) is 6.52. The van der Waals surface area contributed by atoms with Gasteiger partial charge in [0.05, 0.1) is 12.0 Å². The van der Waals surface area contributed by atoms with Crippen LogP contribution < -0.4 is 10.8 Å². The second-order valence-electron chi connectivity index (χ2n) is 9.54. The van der Waals surface area contributed by atoms with E-state index in [-0.39, 0.29) is 5.92 Å². The number of carbonyl (C=O) groups is 2. The van der Waals surface area contributed by atoms with Crippen LogP contribution in [0.2, 0.25) is 0 Å². The maximum Gasteiger partial charge on any atom is 0.410 e. The predicted molar refractivity (Wildman–Crippen MR) is 108 cm³/mol. The number of ether oxygens (including phenoxy) is 1. The largest absolute Gasteiger partial charge is 0.548 e. The molecule has 1 aromatic carbocycles. The molecule has 2 fully saturated rings. The van der Waals surface area contributed by atoms with E-state index in [9.17, 15) is 14.7 Å². The van der Waals surface area contributed by atoms with E-state index in [0.717, 1.165) is 19.3 Å². The molecule has 1 saturated carbocycles. The zero-order valence-electron chi connectivity index (χ0n) is 17.9. The Bertz CT molecular complexity index is 743. The molecule has 4 rings (SSSR count). The molecule has 160 valence electrons. The number of hydrogen-bond donors (Lipinski definition) is 1. The summed E-state index contributed by atoms with van der Waals surface area (Å²) in [6.45, 7) is 5.81. The molecule has 0 unspecified atom stereocenters. The van der Waals surface area contributed by atoms with Crippen LogP contribution in [0, 0.1) is 11.8 Å². The number of nitrogens with zero attached hydrogens (tertiary/aromatic N) is 1. The van der Waals surface area contributed by atoms with E-state index in [1.165, 1.54) is 35.3 Å². The first kappa shape index (κ1) is 21.6. The highest BCUT2D eigenvalue weighted by Gasteiger charge is 2.47. The normalized spacial score (nSPS) is 28.1. The van der Waals surface area contributed by atoms with Crippen LogP contribution in [0.1, 0.15) is 70.0 Å². The Morgan fingerprint density at radius 2 is 1.86 bits per heavy atom. The van der Waals surface area contributed by atoms with Crippen LogP contribution in [-0.4, -0.2) is 35.2 Å². The molecule has 0 spiro atoms. The highest BCUT2D eigenvalue weighted by atomic mass is 16.6. The van der Waals surface area contributed by atoms with Gasteiger partial charge in [0, 0.05) is 18.5 Å². The highest BCUT2D eigenvalue weighted by Crippen LogP contribution is 2.42.